The molecule has 0 fully saturated rings. The van der Waals surface area contributed by atoms with Gasteiger partial charge in [-0.25, -0.2) is 4.79 Å². The molecule has 0 aliphatic rings. The summed E-state index contributed by atoms with van der Waals surface area (Å²) in [5, 5.41) is 3.10. The van der Waals surface area contributed by atoms with Gasteiger partial charge in [0.15, 0.2) is 0 Å². The minimum Gasteiger partial charge on any atom is -0.463 e. The molecule has 0 radical (unpaired) electrons. The average molecular weight is 259 g/mol. The van der Waals surface area contributed by atoms with Gasteiger partial charge in [-0.2, -0.15) is 0 Å². The summed E-state index contributed by atoms with van der Waals surface area (Å²) in [6.45, 7) is 3.07. The molecule has 1 unspecified atom stereocenters. The fourth-order valence-electron chi connectivity index (χ4n) is 1.23. The summed E-state index contributed by atoms with van der Waals surface area (Å²) in [4.78, 5) is 11.1. The molecule has 1 N–H and O–H groups in total. The minimum atomic E-state index is -0.756. The number of hydrogen-bond acceptors (Lipinski definition) is 5. The highest BCUT2D eigenvalue weighted by Gasteiger charge is 2.10. The molecule has 1 heterocycles. The lowest BCUT2D eigenvalue weighted by Crippen LogP contribution is -2.20. The molecular weight excluding hydrogens is 242 g/mol. The van der Waals surface area contributed by atoms with Crippen LogP contribution in [0.5, 0.6) is 0 Å². The van der Waals surface area contributed by atoms with Crippen LogP contribution >= 0.6 is 0 Å². The quantitative estimate of drug-likeness (QED) is 0.582. The normalized spacial score (nSPS) is 12.4. The van der Waals surface area contributed by atoms with Crippen LogP contribution < -0.4 is 5.32 Å². The summed E-state index contributed by atoms with van der Waals surface area (Å²) in [7, 11) is 0.553. The maximum absolute atomic E-state index is 11.1. The predicted molar refractivity (Wildman–Crippen MR) is 65.3 cm³/mol. The summed E-state index contributed by atoms with van der Waals surface area (Å²) >= 11 is 0. The van der Waals surface area contributed by atoms with E-state index in [1.807, 2.05) is 6.92 Å². The van der Waals surface area contributed by atoms with Gasteiger partial charge in [-0.1, -0.05) is 6.92 Å². The van der Waals surface area contributed by atoms with Gasteiger partial charge in [0, 0.05) is 28.9 Å². The van der Waals surface area contributed by atoms with E-state index in [-0.39, 0.29) is 5.76 Å². The Labute approximate surface area is 103 Å². The smallest absolute Gasteiger partial charge is 0.373 e. The van der Waals surface area contributed by atoms with Crippen LogP contribution in [-0.4, -0.2) is 35.3 Å². The van der Waals surface area contributed by atoms with Gasteiger partial charge in [0.2, 0.25) is 5.76 Å². The number of carbonyl (C=O) groups is 1. The lowest BCUT2D eigenvalue weighted by Gasteiger charge is -2.01. The fourth-order valence-corrected chi connectivity index (χ4v) is 1.89. The molecule has 0 saturated carbocycles. The average Bonchev–Trinajstić information content (AvgIpc) is 2.82. The van der Waals surface area contributed by atoms with E-state index in [9.17, 15) is 9.00 Å². The topological polar surface area (TPSA) is 68.5 Å². The van der Waals surface area contributed by atoms with Crippen LogP contribution in [0.15, 0.2) is 16.5 Å². The van der Waals surface area contributed by atoms with Crippen molar-refractivity contribution in [3.63, 3.8) is 0 Å². The van der Waals surface area contributed by atoms with Crippen molar-refractivity contribution in [1.29, 1.82) is 0 Å². The molecule has 17 heavy (non-hydrogen) atoms. The maximum Gasteiger partial charge on any atom is 0.373 e. The summed E-state index contributed by atoms with van der Waals surface area (Å²) in [6.07, 6.45) is 0. The van der Waals surface area contributed by atoms with Gasteiger partial charge in [0.25, 0.3) is 0 Å². The van der Waals surface area contributed by atoms with E-state index in [1.54, 1.807) is 12.1 Å². The number of methoxy groups -OCH3 is 1. The van der Waals surface area contributed by atoms with Crippen molar-refractivity contribution in [2.24, 2.45) is 0 Å². The van der Waals surface area contributed by atoms with Gasteiger partial charge in [0.1, 0.15) is 5.76 Å². The first kappa shape index (κ1) is 13.9. The van der Waals surface area contributed by atoms with E-state index < -0.39 is 16.8 Å². The Bertz CT molecular complexity index is 389. The zero-order valence-electron chi connectivity index (χ0n) is 10.0. The Balaban J connectivity index is 2.30. The first-order valence-corrected chi connectivity index (χ1v) is 6.89. The van der Waals surface area contributed by atoms with Crippen molar-refractivity contribution in [2.45, 2.75) is 13.5 Å². The first-order valence-electron chi connectivity index (χ1n) is 5.40. The van der Waals surface area contributed by atoms with Crippen LogP contribution in [0.1, 0.15) is 23.2 Å². The van der Waals surface area contributed by atoms with Gasteiger partial charge in [0.05, 0.1) is 13.7 Å². The highest BCUT2D eigenvalue weighted by molar-refractivity contribution is 7.84. The van der Waals surface area contributed by atoms with Crippen molar-refractivity contribution >= 4 is 16.8 Å². The van der Waals surface area contributed by atoms with E-state index in [1.165, 1.54) is 7.11 Å². The second kappa shape index (κ2) is 7.24. The number of rotatable bonds is 7. The maximum atomic E-state index is 11.1. The van der Waals surface area contributed by atoms with Crippen LogP contribution in [0.4, 0.5) is 0 Å². The predicted octanol–water partition coefficient (Wildman–Crippen LogP) is 0.924. The number of nitrogens with one attached hydrogen (secondary N) is 1. The van der Waals surface area contributed by atoms with E-state index in [0.29, 0.717) is 30.4 Å². The van der Waals surface area contributed by atoms with Gasteiger partial charge in [-0.05, 0) is 12.1 Å². The number of carbonyl (C=O) groups excluding carboxylic acids is 1. The van der Waals surface area contributed by atoms with Gasteiger partial charge < -0.3 is 14.5 Å². The molecule has 1 aromatic rings. The van der Waals surface area contributed by atoms with Crippen molar-refractivity contribution in [3.8, 4) is 0 Å². The number of furan rings is 1. The van der Waals surface area contributed by atoms with Crippen LogP contribution in [-0.2, 0) is 22.1 Å². The molecule has 0 spiro atoms. The standard InChI is InChI=1S/C11H17NO4S/c1-3-17(14)7-6-12-8-9-4-5-10(16-9)11(13)15-2/h4-5,12H,3,6-8H2,1-2H3. The molecule has 0 saturated heterocycles. The monoisotopic (exact) mass is 259 g/mol. The molecule has 5 nitrogen and oxygen atoms in total. The largest absolute Gasteiger partial charge is 0.463 e. The van der Waals surface area contributed by atoms with Crippen molar-refractivity contribution in [3.05, 3.63) is 23.7 Å². The molecule has 0 bridgehead atoms. The Hall–Kier alpha value is -1.14. The van der Waals surface area contributed by atoms with Crippen LogP contribution in [0, 0.1) is 0 Å². The Kier molecular flexibility index (Phi) is 5.93. The van der Waals surface area contributed by atoms with Gasteiger partial charge in [-0.3, -0.25) is 4.21 Å². The lowest BCUT2D eigenvalue weighted by molar-refractivity contribution is 0.0563. The van der Waals surface area contributed by atoms with Gasteiger partial charge in [-0.15, -0.1) is 0 Å². The van der Waals surface area contributed by atoms with Crippen molar-refractivity contribution < 1.29 is 18.2 Å². The molecule has 1 aromatic heterocycles. The third-order valence-corrected chi connectivity index (χ3v) is 3.48. The Morgan fingerprint density at radius 2 is 2.29 bits per heavy atom. The van der Waals surface area contributed by atoms with Crippen molar-refractivity contribution in [2.75, 3.05) is 25.2 Å². The van der Waals surface area contributed by atoms with E-state index in [2.05, 4.69) is 10.1 Å². The second-order valence-electron chi connectivity index (χ2n) is 3.37. The summed E-state index contributed by atoms with van der Waals surface area (Å²) in [5.41, 5.74) is 0. The number of ether oxygens (including phenoxy) is 1. The van der Waals surface area contributed by atoms with Crippen LogP contribution in [0.25, 0.3) is 0 Å². The fraction of sp³-hybridized carbons (Fsp3) is 0.545. The third-order valence-electron chi connectivity index (χ3n) is 2.18. The van der Waals surface area contributed by atoms with Crippen LogP contribution in [0.3, 0.4) is 0 Å². The van der Waals surface area contributed by atoms with E-state index in [0.717, 1.165) is 0 Å². The van der Waals surface area contributed by atoms with Crippen molar-refractivity contribution in [1.82, 2.24) is 5.32 Å². The highest BCUT2D eigenvalue weighted by Crippen LogP contribution is 2.08. The molecule has 1 rings (SSSR count). The number of hydrogen-bond donors (Lipinski definition) is 1. The van der Waals surface area contributed by atoms with Crippen LogP contribution in [0.2, 0.25) is 0 Å². The van der Waals surface area contributed by atoms with Gasteiger partial charge >= 0.3 is 5.97 Å². The molecule has 0 aliphatic carbocycles. The molecule has 96 valence electrons. The first-order chi connectivity index (χ1) is 8.17. The zero-order valence-corrected chi connectivity index (χ0v) is 10.8. The lowest BCUT2D eigenvalue weighted by atomic mass is 10.4. The zero-order chi connectivity index (χ0) is 12.7. The Morgan fingerprint density at radius 3 is 2.94 bits per heavy atom. The summed E-state index contributed by atoms with van der Waals surface area (Å²) in [6, 6.07) is 3.29. The molecule has 6 heteroatoms. The molecule has 0 amide bonds. The summed E-state index contributed by atoms with van der Waals surface area (Å²) in [5.74, 6) is 1.67. The minimum absolute atomic E-state index is 0.196. The third kappa shape index (κ3) is 4.70. The molecular formula is C11H17NO4S. The molecule has 0 aliphatic heterocycles. The highest BCUT2D eigenvalue weighted by atomic mass is 32.2. The molecule has 0 aromatic carbocycles. The van der Waals surface area contributed by atoms with E-state index in [4.69, 9.17) is 4.42 Å². The second-order valence-corrected chi connectivity index (χ2v) is 5.23. The Morgan fingerprint density at radius 1 is 1.53 bits per heavy atom. The summed E-state index contributed by atoms with van der Waals surface area (Å²) < 4.78 is 20.9. The number of esters is 1. The SMILES string of the molecule is CCS(=O)CCNCc1ccc(C(=O)OC)o1. The molecule has 1 atom stereocenters. The van der Waals surface area contributed by atoms with E-state index >= 15 is 0 Å².